The SMILES string of the molecule is Cc1cnc(Nc2cc3n(n2)CCC3)nc1-c1c[nH]c2c(NC(=O)CN3CC[C@H](Oc4ccncn4)C3)cccc12. The number of fused-ring (bicyclic) bond motifs is 2. The summed E-state index contributed by atoms with van der Waals surface area (Å²) in [6, 6.07) is 9.68. The molecule has 41 heavy (non-hydrogen) atoms. The molecule has 1 fully saturated rings. The second kappa shape index (κ2) is 10.6. The molecule has 1 saturated heterocycles. The number of ether oxygens (including phenoxy) is 1. The third-order valence-corrected chi connectivity index (χ3v) is 7.56. The van der Waals surface area contributed by atoms with Gasteiger partial charge < -0.3 is 20.4 Å². The number of carbonyl (C=O) groups is 1. The molecule has 0 bridgehead atoms. The number of anilines is 3. The fourth-order valence-electron chi connectivity index (χ4n) is 5.61. The van der Waals surface area contributed by atoms with E-state index in [9.17, 15) is 4.79 Å². The number of aryl methyl sites for hydroxylation is 3. The summed E-state index contributed by atoms with van der Waals surface area (Å²) in [5.74, 6) is 1.72. The standard InChI is InChI=1S/C29H30N10O2/c1-18-13-32-29(35-24-12-19-4-3-10-39(19)37-24)36-27(18)22-14-31-28-21(22)5-2-6-23(28)34-25(40)16-38-11-8-20(15-38)41-26-7-9-30-17-33-26/h2,5-7,9,12-14,17,20,31H,3-4,8,10-11,15-16H2,1H3,(H,34,40)(H,32,35,36,37)/t20-/m0/s1. The molecule has 0 radical (unpaired) electrons. The number of aromatic nitrogens is 7. The highest BCUT2D eigenvalue weighted by molar-refractivity contribution is 6.06. The first-order valence-electron chi connectivity index (χ1n) is 13.8. The summed E-state index contributed by atoms with van der Waals surface area (Å²) < 4.78 is 7.95. The van der Waals surface area contributed by atoms with Crippen LogP contribution in [0.3, 0.4) is 0 Å². The Morgan fingerprint density at radius 2 is 2.17 bits per heavy atom. The van der Waals surface area contributed by atoms with Crippen molar-refractivity contribution >= 4 is 34.3 Å². The van der Waals surface area contributed by atoms with Gasteiger partial charge in [-0.15, -0.1) is 0 Å². The highest BCUT2D eigenvalue weighted by Crippen LogP contribution is 2.33. The summed E-state index contributed by atoms with van der Waals surface area (Å²) in [5.41, 5.74) is 5.51. The lowest BCUT2D eigenvalue weighted by molar-refractivity contribution is -0.117. The number of nitrogens with one attached hydrogen (secondary N) is 3. The first-order chi connectivity index (χ1) is 20.1. The maximum atomic E-state index is 13.0. The number of para-hydroxylation sites is 1. The summed E-state index contributed by atoms with van der Waals surface area (Å²) in [7, 11) is 0. The number of hydrogen-bond acceptors (Lipinski definition) is 9. The van der Waals surface area contributed by atoms with Gasteiger partial charge >= 0.3 is 0 Å². The van der Waals surface area contributed by atoms with Crippen LogP contribution in [0, 0.1) is 6.92 Å². The molecule has 5 aromatic rings. The van der Waals surface area contributed by atoms with Crippen LogP contribution in [0.15, 0.2) is 55.2 Å². The third-order valence-electron chi connectivity index (χ3n) is 7.56. The molecule has 4 aromatic heterocycles. The van der Waals surface area contributed by atoms with Gasteiger partial charge in [-0.2, -0.15) is 5.10 Å². The fraction of sp³-hybridized carbons (Fsp3) is 0.310. The van der Waals surface area contributed by atoms with E-state index in [1.54, 1.807) is 12.3 Å². The molecule has 1 aromatic carbocycles. The minimum atomic E-state index is -0.0759. The monoisotopic (exact) mass is 550 g/mol. The van der Waals surface area contributed by atoms with Gasteiger partial charge in [0.15, 0.2) is 5.82 Å². The number of benzene rings is 1. The van der Waals surface area contributed by atoms with Crippen LogP contribution in [0.5, 0.6) is 5.88 Å². The lowest BCUT2D eigenvalue weighted by Crippen LogP contribution is -2.33. The number of H-pyrrole nitrogens is 1. The van der Waals surface area contributed by atoms with Crippen LogP contribution in [0.4, 0.5) is 17.5 Å². The van der Waals surface area contributed by atoms with Crippen LogP contribution < -0.4 is 15.4 Å². The maximum Gasteiger partial charge on any atom is 0.238 e. The minimum Gasteiger partial charge on any atom is -0.473 e. The van der Waals surface area contributed by atoms with Crippen molar-refractivity contribution in [1.29, 1.82) is 0 Å². The Morgan fingerprint density at radius 3 is 3.05 bits per heavy atom. The lowest BCUT2D eigenvalue weighted by atomic mass is 10.1. The Bertz CT molecular complexity index is 1690. The molecule has 0 spiro atoms. The van der Waals surface area contributed by atoms with Gasteiger partial charge in [0.2, 0.25) is 17.7 Å². The summed E-state index contributed by atoms with van der Waals surface area (Å²) in [5, 5.41) is 11.9. The molecule has 7 rings (SSSR count). The van der Waals surface area contributed by atoms with Crippen molar-refractivity contribution < 1.29 is 9.53 Å². The second-order valence-corrected chi connectivity index (χ2v) is 10.5. The molecule has 12 heteroatoms. The van der Waals surface area contributed by atoms with Crippen LogP contribution in [0.25, 0.3) is 22.2 Å². The van der Waals surface area contributed by atoms with E-state index in [4.69, 9.17) is 9.72 Å². The largest absolute Gasteiger partial charge is 0.473 e. The van der Waals surface area contributed by atoms with Gasteiger partial charge in [0.05, 0.1) is 23.4 Å². The van der Waals surface area contributed by atoms with Crippen LogP contribution >= 0.6 is 0 Å². The highest BCUT2D eigenvalue weighted by atomic mass is 16.5. The van der Waals surface area contributed by atoms with Crippen LogP contribution in [0.1, 0.15) is 24.1 Å². The Hall–Kier alpha value is -4.84. The first-order valence-corrected chi connectivity index (χ1v) is 13.8. The average molecular weight is 551 g/mol. The summed E-state index contributed by atoms with van der Waals surface area (Å²) in [6.45, 7) is 4.67. The molecule has 0 saturated carbocycles. The Morgan fingerprint density at radius 1 is 1.22 bits per heavy atom. The Labute approximate surface area is 236 Å². The molecule has 2 aliphatic rings. The quantitative estimate of drug-likeness (QED) is 0.264. The zero-order chi connectivity index (χ0) is 27.8. The van der Waals surface area contributed by atoms with E-state index in [1.165, 1.54) is 12.0 Å². The van der Waals surface area contributed by atoms with Gasteiger partial charge in [-0.3, -0.25) is 14.4 Å². The molecule has 1 amide bonds. The molecule has 0 unspecified atom stereocenters. The van der Waals surface area contributed by atoms with Crippen molar-refractivity contribution in [2.45, 2.75) is 38.8 Å². The van der Waals surface area contributed by atoms with Crippen LogP contribution in [-0.2, 0) is 17.8 Å². The van der Waals surface area contributed by atoms with E-state index in [2.05, 4.69) is 46.6 Å². The Balaban J connectivity index is 1.04. The van der Waals surface area contributed by atoms with Gasteiger partial charge in [0.1, 0.15) is 12.4 Å². The predicted molar refractivity (Wildman–Crippen MR) is 154 cm³/mol. The number of carbonyl (C=O) groups excluding carboxylic acids is 1. The topological polar surface area (TPSA) is 139 Å². The van der Waals surface area contributed by atoms with Crippen molar-refractivity contribution in [3.63, 3.8) is 0 Å². The van der Waals surface area contributed by atoms with E-state index < -0.39 is 0 Å². The van der Waals surface area contributed by atoms with Gasteiger partial charge in [0.25, 0.3) is 0 Å². The summed E-state index contributed by atoms with van der Waals surface area (Å²) >= 11 is 0. The number of amides is 1. The van der Waals surface area contributed by atoms with Crippen molar-refractivity contribution in [1.82, 2.24) is 39.6 Å². The maximum absolute atomic E-state index is 13.0. The highest BCUT2D eigenvalue weighted by Gasteiger charge is 2.26. The molecule has 0 aliphatic carbocycles. The van der Waals surface area contributed by atoms with Crippen LogP contribution in [0.2, 0.25) is 0 Å². The van der Waals surface area contributed by atoms with Gasteiger partial charge in [-0.1, -0.05) is 12.1 Å². The number of hydrogen-bond donors (Lipinski definition) is 3. The zero-order valence-electron chi connectivity index (χ0n) is 22.7. The molecule has 3 N–H and O–H groups in total. The van der Waals surface area contributed by atoms with E-state index in [0.717, 1.165) is 71.6 Å². The predicted octanol–water partition coefficient (Wildman–Crippen LogP) is 3.70. The molecule has 6 heterocycles. The second-order valence-electron chi connectivity index (χ2n) is 10.5. The third kappa shape index (κ3) is 5.21. The van der Waals surface area contributed by atoms with Crippen molar-refractivity contribution in [2.24, 2.45) is 0 Å². The molecule has 1 atom stereocenters. The van der Waals surface area contributed by atoms with Crippen molar-refractivity contribution in [2.75, 3.05) is 30.3 Å². The van der Waals surface area contributed by atoms with Crippen molar-refractivity contribution in [3.05, 3.63) is 66.5 Å². The average Bonchev–Trinajstić information content (AvgIpc) is 3.76. The minimum absolute atomic E-state index is 0.00268. The van der Waals surface area contributed by atoms with E-state index in [0.29, 0.717) is 18.4 Å². The molecular weight excluding hydrogens is 520 g/mol. The summed E-state index contributed by atoms with van der Waals surface area (Å²) in [6.07, 6.45) is 9.88. The van der Waals surface area contributed by atoms with Crippen LogP contribution in [-0.4, -0.2) is 71.2 Å². The lowest BCUT2D eigenvalue weighted by Gasteiger charge is -2.16. The van der Waals surface area contributed by atoms with E-state index in [1.807, 2.05) is 42.2 Å². The van der Waals surface area contributed by atoms with Gasteiger partial charge in [0, 0.05) is 67.0 Å². The zero-order valence-corrected chi connectivity index (χ0v) is 22.7. The molecule has 208 valence electrons. The molecule has 12 nitrogen and oxygen atoms in total. The first kappa shape index (κ1) is 25.1. The number of likely N-dealkylation sites (tertiary alicyclic amines) is 1. The van der Waals surface area contributed by atoms with Gasteiger partial charge in [-0.25, -0.2) is 19.9 Å². The molecular formula is C29H30N10O2. The van der Waals surface area contributed by atoms with Crippen molar-refractivity contribution in [3.8, 4) is 17.1 Å². The number of rotatable bonds is 8. The smallest absolute Gasteiger partial charge is 0.238 e. The van der Waals surface area contributed by atoms with Gasteiger partial charge in [-0.05, 0) is 37.8 Å². The Kier molecular flexibility index (Phi) is 6.51. The number of nitrogens with zero attached hydrogens (tertiary/aromatic N) is 7. The normalized spacial score (nSPS) is 16.7. The van der Waals surface area contributed by atoms with E-state index in [-0.39, 0.29) is 18.6 Å². The summed E-state index contributed by atoms with van der Waals surface area (Å²) in [4.78, 5) is 35.8. The fourth-order valence-corrected chi connectivity index (χ4v) is 5.61. The molecule has 2 aliphatic heterocycles. The van der Waals surface area contributed by atoms with E-state index >= 15 is 0 Å². The number of aromatic amines is 1.